The molecule has 3 atom stereocenters. The molecule has 2 aromatic carbocycles. The maximum Gasteiger partial charge on any atom is 0.110 e. The number of benzene rings is 2. The van der Waals surface area contributed by atoms with Crippen LogP contribution < -0.4 is 0 Å². The average molecular weight is 427 g/mol. The van der Waals surface area contributed by atoms with E-state index < -0.39 is 18.3 Å². The Kier molecular flexibility index (Phi) is 10.7. The Morgan fingerprint density at radius 3 is 2.13 bits per heavy atom. The first-order valence-corrected chi connectivity index (χ1v) is 11.5. The third kappa shape index (κ3) is 7.74. The first kappa shape index (κ1) is 25.0. The largest absolute Gasteiger partial charge is 0.297 e. The van der Waals surface area contributed by atoms with E-state index in [-0.39, 0.29) is 0 Å². The van der Waals surface area contributed by atoms with Gasteiger partial charge in [-0.1, -0.05) is 61.5 Å². The molecule has 0 spiro atoms. The Morgan fingerprint density at radius 1 is 1.00 bits per heavy atom. The highest BCUT2D eigenvalue weighted by atomic mass is 19.1. The standard InChI is InChI=1S/C25H33F2N.C2H3N/c1-3-28(18-21-8-5-4-6-9-21)19(2)12-13-20-14-16-22(17-15-20)25-23(26)10-7-11-24(25)27;1-2-3/h4-6,8-9,14-17,19,23-25H,3,7,10-13,18H2,1-2H3;1H3. The van der Waals surface area contributed by atoms with E-state index >= 15 is 0 Å². The Balaban J connectivity index is 0.00000107. The van der Waals surface area contributed by atoms with Crippen LogP contribution in [0.5, 0.6) is 0 Å². The predicted octanol–water partition coefficient (Wildman–Crippen LogP) is 7.00. The molecule has 3 unspecified atom stereocenters. The zero-order valence-corrected chi connectivity index (χ0v) is 19.1. The molecular weight excluding hydrogens is 390 g/mol. The van der Waals surface area contributed by atoms with Gasteiger partial charge in [-0.25, -0.2) is 8.78 Å². The van der Waals surface area contributed by atoms with Crippen molar-refractivity contribution in [3.8, 4) is 6.07 Å². The van der Waals surface area contributed by atoms with Crippen molar-refractivity contribution in [3.63, 3.8) is 0 Å². The van der Waals surface area contributed by atoms with E-state index in [2.05, 4.69) is 61.2 Å². The first-order valence-electron chi connectivity index (χ1n) is 11.5. The number of alkyl halides is 2. The molecule has 1 fully saturated rings. The lowest BCUT2D eigenvalue weighted by molar-refractivity contribution is 0.124. The molecule has 1 aliphatic rings. The van der Waals surface area contributed by atoms with Crippen molar-refractivity contribution >= 4 is 0 Å². The molecule has 0 N–H and O–H groups in total. The van der Waals surface area contributed by atoms with Gasteiger partial charge in [-0.2, -0.15) is 5.26 Å². The lowest BCUT2D eigenvalue weighted by Crippen LogP contribution is -2.32. The molecule has 168 valence electrons. The fraction of sp³-hybridized carbons (Fsp3) is 0.519. The third-order valence-corrected chi connectivity index (χ3v) is 6.21. The number of hydrogen-bond donors (Lipinski definition) is 0. The molecular formula is C27H36F2N2. The molecule has 0 saturated heterocycles. The molecule has 0 aromatic heterocycles. The summed E-state index contributed by atoms with van der Waals surface area (Å²) in [4.78, 5) is 2.49. The summed E-state index contributed by atoms with van der Waals surface area (Å²) in [5.41, 5.74) is 3.40. The monoisotopic (exact) mass is 426 g/mol. The maximum absolute atomic E-state index is 14.2. The lowest BCUT2D eigenvalue weighted by Gasteiger charge is -2.30. The SMILES string of the molecule is CC#N.CCN(Cc1ccccc1)C(C)CCc1ccc(C2C(F)CCCC2F)cc1. The molecule has 0 heterocycles. The van der Waals surface area contributed by atoms with Crippen LogP contribution in [0.15, 0.2) is 54.6 Å². The molecule has 0 aliphatic heterocycles. The van der Waals surface area contributed by atoms with Gasteiger partial charge in [0.05, 0.1) is 6.07 Å². The minimum atomic E-state index is -1.05. The molecule has 0 amide bonds. The van der Waals surface area contributed by atoms with Gasteiger partial charge < -0.3 is 0 Å². The molecule has 0 bridgehead atoms. The van der Waals surface area contributed by atoms with E-state index in [1.165, 1.54) is 18.1 Å². The fourth-order valence-corrected chi connectivity index (χ4v) is 4.37. The van der Waals surface area contributed by atoms with Gasteiger partial charge in [0.1, 0.15) is 12.3 Å². The van der Waals surface area contributed by atoms with Crippen LogP contribution >= 0.6 is 0 Å². The van der Waals surface area contributed by atoms with Gasteiger partial charge in [-0.05, 0) is 62.3 Å². The average Bonchev–Trinajstić information content (AvgIpc) is 2.78. The van der Waals surface area contributed by atoms with Gasteiger partial charge in [0.25, 0.3) is 0 Å². The highest BCUT2D eigenvalue weighted by Gasteiger charge is 2.34. The molecule has 4 heteroatoms. The van der Waals surface area contributed by atoms with Crippen molar-refractivity contribution < 1.29 is 8.78 Å². The van der Waals surface area contributed by atoms with Crippen molar-refractivity contribution in [1.82, 2.24) is 4.90 Å². The Morgan fingerprint density at radius 2 is 1.58 bits per heavy atom. The summed E-state index contributed by atoms with van der Waals surface area (Å²) in [7, 11) is 0. The zero-order valence-electron chi connectivity index (χ0n) is 19.1. The summed E-state index contributed by atoms with van der Waals surface area (Å²) in [6.07, 6.45) is 1.58. The van der Waals surface area contributed by atoms with E-state index in [1.807, 2.05) is 12.1 Å². The van der Waals surface area contributed by atoms with Crippen LogP contribution in [0.2, 0.25) is 0 Å². The normalized spacial score (nSPS) is 21.6. The van der Waals surface area contributed by atoms with Crippen LogP contribution in [-0.2, 0) is 13.0 Å². The second-order valence-corrected chi connectivity index (χ2v) is 8.39. The van der Waals surface area contributed by atoms with Gasteiger partial charge in [0, 0.05) is 25.4 Å². The summed E-state index contributed by atoms with van der Waals surface area (Å²) in [5.74, 6) is -0.580. The van der Waals surface area contributed by atoms with Crippen LogP contribution in [0.25, 0.3) is 0 Å². The third-order valence-electron chi connectivity index (χ3n) is 6.21. The molecule has 1 saturated carbocycles. The quantitative estimate of drug-likeness (QED) is 0.454. The number of hydrogen-bond acceptors (Lipinski definition) is 2. The van der Waals surface area contributed by atoms with Crippen molar-refractivity contribution in [1.29, 1.82) is 5.26 Å². The Hall–Kier alpha value is -2.25. The summed E-state index contributed by atoms with van der Waals surface area (Å²) < 4.78 is 28.4. The van der Waals surface area contributed by atoms with Gasteiger partial charge in [-0.15, -0.1) is 0 Å². The number of halogens is 2. The molecule has 3 rings (SSSR count). The molecule has 31 heavy (non-hydrogen) atoms. The zero-order chi connectivity index (χ0) is 22.6. The number of rotatable bonds is 8. The van der Waals surface area contributed by atoms with Crippen molar-refractivity contribution in [3.05, 3.63) is 71.3 Å². The van der Waals surface area contributed by atoms with Gasteiger partial charge in [-0.3, -0.25) is 4.90 Å². The topological polar surface area (TPSA) is 27.0 Å². The second-order valence-electron chi connectivity index (χ2n) is 8.39. The second kappa shape index (κ2) is 13.2. The minimum Gasteiger partial charge on any atom is -0.297 e. The van der Waals surface area contributed by atoms with Crippen LogP contribution in [0.1, 0.15) is 69.1 Å². The van der Waals surface area contributed by atoms with Gasteiger partial charge in [0.2, 0.25) is 0 Å². The fourth-order valence-electron chi connectivity index (χ4n) is 4.37. The number of nitrogens with zero attached hydrogens (tertiary/aromatic N) is 2. The minimum absolute atomic E-state index is 0.480. The number of nitriles is 1. The van der Waals surface area contributed by atoms with Gasteiger partial charge >= 0.3 is 0 Å². The van der Waals surface area contributed by atoms with Crippen LogP contribution in [0, 0.1) is 11.3 Å². The summed E-state index contributed by atoms with van der Waals surface area (Å²) >= 11 is 0. The van der Waals surface area contributed by atoms with E-state index in [1.54, 1.807) is 6.07 Å². The number of aryl methyl sites for hydroxylation is 1. The van der Waals surface area contributed by atoms with E-state index in [9.17, 15) is 8.78 Å². The van der Waals surface area contributed by atoms with Crippen molar-refractivity contribution in [2.45, 2.75) is 83.7 Å². The van der Waals surface area contributed by atoms with Crippen LogP contribution in [-0.4, -0.2) is 29.8 Å². The summed E-state index contributed by atoms with van der Waals surface area (Å²) in [5, 5.41) is 7.32. The van der Waals surface area contributed by atoms with E-state index in [0.29, 0.717) is 25.3 Å². The van der Waals surface area contributed by atoms with Crippen LogP contribution in [0.4, 0.5) is 8.78 Å². The summed E-state index contributed by atoms with van der Waals surface area (Å²) in [6.45, 7) is 7.91. The van der Waals surface area contributed by atoms with Crippen molar-refractivity contribution in [2.75, 3.05) is 6.54 Å². The smallest absolute Gasteiger partial charge is 0.110 e. The Bertz CT molecular complexity index is 775. The van der Waals surface area contributed by atoms with Crippen LogP contribution in [0.3, 0.4) is 0 Å². The molecule has 2 aromatic rings. The maximum atomic E-state index is 14.2. The molecule has 2 nitrogen and oxygen atoms in total. The lowest BCUT2D eigenvalue weighted by atomic mass is 9.81. The highest BCUT2D eigenvalue weighted by Crippen LogP contribution is 2.37. The van der Waals surface area contributed by atoms with Gasteiger partial charge in [0.15, 0.2) is 0 Å². The van der Waals surface area contributed by atoms with E-state index in [0.717, 1.165) is 31.5 Å². The molecule has 1 aliphatic carbocycles. The first-order chi connectivity index (χ1) is 15.0. The summed E-state index contributed by atoms with van der Waals surface area (Å²) in [6, 6.07) is 20.8. The predicted molar refractivity (Wildman–Crippen MR) is 124 cm³/mol. The van der Waals surface area contributed by atoms with E-state index in [4.69, 9.17) is 5.26 Å². The Labute approximate surface area is 186 Å². The highest BCUT2D eigenvalue weighted by molar-refractivity contribution is 5.28. The van der Waals surface area contributed by atoms with Crippen molar-refractivity contribution in [2.24, 2.45) is 0 Å². The molecule has 0 radical (unpaired) electrons.